The molecular weight excluding hydrogens is 204 g/mol. The summed E-state index contributed by atoms with van der Waals surface area (Å²) in [6, 6.07) is 0. The Bertz CT molecular complexity index is 214. The predicted octanol–water partition coefficient (Wildman–Crippen LogP) is -0.926. The smallest absolute Gasteiger partial charge is 0.221 e. The highest BCUT2D eigenvalue weighted by atomic mass is 16.1. The van der Waals surface area contributed by atoms with Crippen LogP contribution in [0.2, 0.25) is 0 Å². The first-order chi connectivity index (χ1) is 7.63. The van der Waals surface area contributed by atoms with Crippen LogP contribution in [0.25, 0.3) is 0 Å². The molecule has 1 amide bonds. The molecule has 1 aliphatic heterocycles. The van der Waals surface area contributed by atoms with Crippen LogP contribution in [0, 0.1) is 5.92 Å². The molecule has 1 unspecified atom stereocenters. The van der Waals surface area contributed by atoms with Gasteiger partial charge in [-0.3, -0.25) is 4.79 Å². The molecule has 0 saturated carbocycles. The molecule has 1 fully saturated rings. The summed E-state index contributed by atoms with van der Waals surface area (Å²) >= 11 is 0. The number of nitrogens with two attached hydrogens (primary N) is 2. The van der Waals surface area contributed by atoms with Crippen molar-refractivity contribution in [3.05, 3.63) is 0 Å². The predicted molar refractivity (Wildman–Crippen MR) is 64.9 cm³/mol. The van der Waals surface area contributed by atoms with Gasteiger partial charge in [0.25, 0.3) is 0 Å². The number of carbonyl (C=O) groups is 1. The van der Waals surface area contributed by atoms with E-state index in [2.05, 4.69) is 9.80 Å². The molecule has 0 aromatic heterocycles. The Morgan fingerprint density at radius 2 is 1.81 bits per heavy atom. The molecule has 0 aromatic rings. The molecule has 0 aromatic carbocycles. The van der Waals surface area contributed by atoms with E-state index < -0.39 is 0 Å². The first-order valence-corrected chi connectivity index (χ1v) is 6.07. The number of rotatable bonds is 6. The maximum absolute atomic E-state index is 10.9. The number of nitrogens with zero attached hydrogens (tertiary/aromatic N) is 2. The first-order valence-electron chi connectivity index (χ1n) is 6.07. The SMILES string of the molecule is CC(CN1CCN(CCCN)CC1)C(N)=O. The third kappa shape index (κ3) is 4.47. The third-order valence-electron chi connectivity index (χ3n) is 3.16. The summed E-state index contributed by atoms with van der Waals surface area (Å²) < 4.78 is 0. The van der Waals surface area contributed by atoms with Gasteiger partial charge in [0.2, 0.25) is 5.91 Å². The van der Waals surface area contributed by atoms with Gasteiger partial charge in [-0.1, -0.05) is 6.92 Å². The van der Waals surface area contributed by atoms with E-state index in [1.807, 2.05) is 6.92 Å². The van der Waals surface area contributed by atoms with Gasteiger partial charge in [-0.05, 0) is 19.5 Å². The molecule has 1 atom stereocenters. The van der Waals surface area contributed by atoms with Gasteiger partial charge in [-0.15, -0.1) is 0 Å². The zero-order valence-electron chi connectivity index (χ0n) is 10.2. The van der Waals surface area contributed by atoms with Crippen LogP contribution in [0.5, 0.6) is 0 Å². The van der Waals surface area contributed by atoms with Gasteiger partial charge in [0.1, 0.15) is 0 Å². The minimum atomic E-state index is -0.203. The number of hydrogen-bond donors (Lipinski definition) is 2. The summed E-state index contributed by atoms with van der Waals surface area (Å²) in [5.41, 5.74) is 10.7. The second-order valence-corrected chi connectivity index (χ2v) is 4.59. The Morgan fingerprint density at radius 3 is 2.31 bits per heavy atom. The third-order valence-corrected chi connectivity index (χ3v) is 3.16. The van der Waals surface area contributed by atoms with Gasteiger partial charge in [0.05, 0.1) is 0 Å². The standard InChI is InChI=1S/C11H24N4O/c1-10(11(13)16)9-15-7-5-14(6-8-15)4-2-3-12/h10H,2-9,12H2,1H3,(H2,13,16). The van der Waals surface area contributed by atoms with E-state index in [0.29, 0.717) is 0 Å². The molecular formula is C11H24N4O. The highest BCUT2D eigenvalue weighted by molar-refractivity contribution is 5.76. The number of piperazine rings is 1. The van der Waals surface area contributed by atoms with Crippen molar-refractivity contribution in [2.45, 2.75) is 13.3 Å². The van der Waals surface area contributed by atoms with Crippen LogP contribution in [0.1, 0.15) is 13.3 Å². The number of amides is 1. The average Bonchev–Trinajstić information content (AvgIpc) is 2.28. The monoisotopic (exact) mass is 228 g/mol. The summed E-state index contributed by atoms with van der Waals surface area (Å²) in [5.74, 6) is -0.249. The Labute approximate surface area is 97.7 Å². The van der Waals surface area contributed by atoms with Crippen LogP contribution < -0.4 is 11.5 Å². The van der Waals surface area contributed by atoms with Crippen LogP contribution in [0.3, 0.4) is 0 Å². The van der Waals surface area contributed by atoms with Gasteiger partial charge in [0, 0.05) is 38.6 Å². The Kier molecular flexibility index (Phi) is 5.73. The fourth-order valence-electron chi connectivity index (χ4n) is 1.99. The summed E-state index contributed by atoms with van der Waals surface area (Å²) in [5, 5.41) is 0. The maximum atomic E-state index is 10.9. The molecule has 5 heteroatoms. The quantitative estimate of drug-likeness (QED) is 0.616. The Morgan fingerprint density at radius 1 is 1.25 bits per heavy atom. The van der Waals surface area contributed by atoms with E-state index in [1.165, 1.54) is 0 Å². The lowest BCUT2D eigenvalue weighted by Gasteiger charge is -2.35. The molecule has 0 aliphatic carbocycles. The van der Waals surface area contributed by atoms with E-state index in [0.717, 1.165) is 52.2 Å². The van der Waals surface area contributed by atoms with Crippen LogP contribution in [0.4, 0.5) is 0 Å². The first kappa shape index (κ1) is 13.4. The van der Waals surface area contributed by atoms with Crippen LogP contribution in [-0.4, -0.2) is 61.5 Å². The van der Waals surface area contributed by atoms with Crippen molar-refractivity contribution in [1.29, 1.82) is 0 Å². The van der Waals surface area contributed by atoms with Crippen molar-refractivity contribution in [3.63, 3.8) is 0 Å². The molecule has 4 N–H and O–H groups in total. The molecule has 0 spiro atoms. The zero-order chi connectivity index (χ0) is 12.0. The van der Waals surface area contributed by atoms with E-state index in [1.54, 1.807) is 0 Å². The largest absolute Gasteiger partial charge is 0.369 e. The Hall–Kier alpha value is -0.650. The van der Waals surface area contributed by atoms with Gasteiger partial charge in [0.15, 0.2) is 0 Å². The molecule has 1 aliphatic rings. The lowest BCUT2D eigenvalue weighted by Crippen LogP contribution is -2.48. The van der Waals surface area contributed by atoms with Crippen molar-refractivity contribution in [1.82, 2.24) is 9.80 Å². The summed E-state index contributed by atoms with van der Waals surface area (Å²) in [4.78, 5) is 15.7. The lowest BCUT2D eigenvalue weighted by molar-refractivity contribution is -0.122. The molecule has 1 heterocycles. The van der Waals surface area contributed by atoms with E-state index in [-0.39, 0.29) is 11.8 Å². The summed E-state index contributed by atoms with van der Waals surface area (Å²) in [6.07, 6.45) is 1.07. The zero-order valence-corrected chi connectivity index (χ0v) is 10.2. The van der Waals surface area contributed by atoms with Gasteiger partial charge >= 0.3 is 0 Å². The molecule has 16 heavy (non-hydrogen) atoms. The second-order valence-electron chi connectivity index (χ2n) is 4.59. The van der Waals surface area contributed by atoms with Crippen LogP contribution in [-0.2, 0) is 4.79 Å². The Balaban J connectivity index is 2.19. The molecule has 1 rings (SSSR count). The highest BCUT2D eigenvalue weighted by Gasteiger charge is 2.19. The highest BCUT2D eigenvalue weighted by Crippen LogP contribution is 2.05. The van der Waals surface area contributed by atoms with Crippen LogP contribution >= 0.6 is 0 Å². The fraction of sp³-hybridized carbons (Fsp3) is 0.909. The number of hydrogen-bond acceptors (Lipinski definition) is 4. The molecule has 94 valence electrons. The van der Waals surface area contributed by atoms with Gasteiger partial charge in [-0.2, -0.15) is 0 Å². The minimum Gasteiger partial charge on any atom is -0.369 e. The maximum Gasteiger partial charge on any atom is 0.221 e. The molecule has 0 bridgehead atoms. The summed E-state index contributed by atoms with van der Waals surface area (Å²) in [6.45, 7) is 8.75. The van der Waals surface area contributed by atoms with E-state index in [9.17, 15) is 4.79 Å². The molecule has 0 radical (unpaired) electrons. The summed E-state index contributed by atoms with van der Waals surface area (Å²) in [7, 11) is 0. The van der Waals surface area contributed by atoms with Crippen molar-refractivity contribution in [2.75, 3.05) is 45.8 Å². The number of carbonyl (C=O) groups excluding carboxylic acids is 1. The molecule has 1 saturated heterocycles. The van der Waals surface area contributed by atoms with E-state index in [4.69, 9.17) is 11.5 Å². The lowest BCUT2D eigenvalue weighted by atomic mass is 10.1. The van der Waals surface area contributed by atoms with Crippen molar-refractivity contribution >= 4 is 5.91 Å². The van der Waals surface area contributed by atoms with Gasteiger partial charge < -0.3 is 21.3 Å². The number of primary amides is 1. The normalized spacial score (nSPS) is 20.9. The topological polar surface area (TPSA) is 75.6 Å². The van der Waals surface area contributed by atoms with Crippen LogP contribution in [0.15, 0.2) is 0 Å². The second kappa shape index (κ2) is 6.83. The van der Waals surface area contributed by atoms with Crippen molar-refractivity contribution in [3.8, 4) is 0 Å². The van der Waals surface area contributed by atoms with E-state index >= 15 is 0 Å². The average molecular weight is 228 g/mol. The van der Waals surface area contributed by atoms with Gasteiger partial charge in [-0.25, -0.2) is 0 Å². The minimum absolute atomic E-state index is 0.0457. The van der Waals surface area contributed by atoms with Crippen molar-refractivity contribution < 1.29 is 4.79 Å². The fourth-order valence-corrected chi connectivity index (χ4v) is 1.99. The van der Waals surface area contributed by atoms with Crippen molar-refractivity contribution in [2.24, 2.45) is 17.4 Å². The molecule has 5 nitrogen and oxygen atoms in total.